The van der Waals surface area contributed by atoms with Gasteiger partial charge < -0.3 is 0 Å². The maximum atomic E-state index is 2.78. The largest absolute Gasteiger partial charge is 0.147 e. The molecule has 4 aromatic rings. The first-order chi connectivity index (χ1) is 21.4. The molecule has 0 aromatic heterocycles. The van der Waals surface area contributed by atoms with Crippen LogP contribution in [-0.4, -0.2) is 6.88 Å². The van der Waals surface area contributed by atoms with Crippen LogP contribution in [0.5, 0.6) is 0 Å². The molecule has 4 heteroatoms. The van der Waals surface area contributed by atoms with Crippen LogP contribution < -0.4 is 0 Å². The summed E-state index contributed by atoms with van der Waals surface area (Å²) < 4.78 is 6.58. The first-order valence-corrected chi connectivity index (χ1v) is 31.0. The van der Waals surface area contributed by atoms with Crippen LogP contribution in [0.1, 0.15) is 98.9 Å². The summed E-state index contributed by atoms with van der Waals surface area (Å²) in [6.07, 6.45) is 5.19. The molecule has 0 nitrogen and oxygen atoms in total. The van der Waals surface area contributed by atoms with Crippen LogP contribution in [0.25, 0.3) is 34.4 Å². The van der Waals surface area contributed by atoms with E-state index in [4.69, 9.17) is 0 Å². The summed E-state index contributed by atoms with van der Waals surface area (Å²) in [5.41, 5.74) is 22.1. The van der Waals surface area contributed by atoms with Crippen LogP contribution in [0.15, 0.2) is 77.9 Å². The number of allylic oxidation sites excluding steroid dienone is 2. The second-order valence-electron chi connectivity index (χ2n) is 17.1. The second-order valence-corrected chi connectivity index (χ2v) is 47.5. The first-order valence-electron chi connectivity index (χ1n) is 17.3. The fraction of sp³-hybridized carbons (Fsp3) is 0.364. The van der Waals surface area contributed by atoms with Gasteiger partial charge in [-0.25, -0.2) is 0 Å². The number of rotatable bonds is 5. The van der Waals surface area contributed by atoms with Crippen molar-refractivity contribution in [1.29, 1.82) is 0 Å². The Morgan fingerprint density at radius 2 is 1.25 bits per heavy atom. The maximum absolute atomic E-state index is 3.71. The van der Waals surface area contributed by atoms with Gasteiger partial charge in [0.25, 0.3) is 0 Å². The van der Waals surface area contributed by atoms with Gasteiger partial charge in [0.1, 0.15) is 0 Å². The van der Waals surface area contributed by atoms with Crippen molar-refractivity contribution in [2.75, 3.05) is 0 Å². The van der Waals surface area contributed by atoms with E-state index in [9.17, 15) is 0 Å². The topological polar surface area (TPSA) is 0 Å². The van der Waals surface area contributed by atoms with Gasteiger partial charge in [0.15, 0.2) is 0 Å². The fourth-order valence-corrected chi connectivity index (χ4v) is 29.7. The van der Waals surface area contributed by atoms with E-state index in [-0.39, 0.29) is 30.2 Å². The molecule has 2 aliphatic carbocycles. The number of fused-ring (bicyclic) bond motifs is 2. The Morgan fingerprint density at radius 1 is 0.646 bits per heavy atom. The first kappa shape index (κ1) is 38.8. The summed E-state index contributed by atoms with van der Waals surface area (Å²) in [5, 5.41) is 0. The molecule has 0 aliphatic heterocycles. The molecular weight excluding hydrogens is 719 g/mol. The monoisotopic (exact) mass is 772 g/mol. The van der Waals surface area contributed by atoms with E-state index in [1.54, 1.807) is 22.3 Å². The van der Waals surface area contributed by atoms with Crippen molar-refractivity contribution in [1.82, 2.24) is 0 Å². The molecule has 2 atom stereocenters. The molecule has 2 unspecified atom stereocenters. The molecule has 48 heavy (non-hydrogen) atoms. The molecule has 2 aliphatic rings. The van der Waals surface area contributed by atoms with Gasteiger partial charge in [0.05, 0.1) is 0 Å². The molecule has 0 N–H and O–H groups in total. The van der Waals surface area contributed by atoms with Crippen molar-refractivity contribution in [3.05, 3.63) is 128 Å². The summed E-state index contributed by atoms with van der Waals surface area (Å²) in [6.45, 7) is 25.8. The number of benzene rings is 4. The SMILES string of the molecule is CC1=Cc2c(-c3ccc(C(C)(C)C)cc3)ccc(C)c2[CH]1[Zr]([CH3])([CH3])(=[SiH2])[CH]1C(C(C)C)=Cc2c(-c3ccc(C)c(C)c3C)cccc21.Cl.Cl. The Kier molecular flexibility index (Phi) is 10.8. The van der Waals surface area contributed by atoms with Crippen LogP contribution in [0, 0.1) is 33.6 Å². The van der Waals surface area contributed by atoms with E-state index < -0.39 is 17.4 Å². The molecule has 0 saturated heterocycles. The predicted octanol–water partition coefficient (Wildman–Crippen LogP) is 13.0. The Hall–Kier alpha value is -1.96. The summed E-state index contributed by atoms with van der Waals surface area (Å²) in [7, 11) is 0. The molecule has 0 fully saturated rings. The number of aryl methyl sites for hydroxylation is 2. The molecule has 4 aromatic carbocycles. The number of hydrogen-bond acceptors (Lipinski definition) is 0. The molecule has 0 amide bonds. The Labute approximate surface area is 306 Å². The summed E-state index contributed by atoms with van der Waals surface area (Å²) in [6, 6.07) is 26.0. The molecule has 0 radical (unpaired) electrons. The summed E-state index contributed by atoms with van der Waals surface area (Å²) >= 11 is -3.71. The third-order valence-electron chi connectivity index (χ3n) is 11.7. The molecule has 0 saturated carbocycles. The molecule has 6 rings (SSSR count). The summed E-state index contributed by atoms with van der Waals surface area (Å²) in [4.78, 5) is 0. The molecular formula is C44H56Cl2SiZr. The average Bonchev–Trinajstić information content (AvgIpc) is 3.56. The second kappa shape index (κ2) is 13.3. The standard InChI is InChI=1S/2C21H23.2CH3.2ClH.H2Si.Zr/c1-14-12-19-15(2)6-11-18(20(19)13-14)16-7-9-17(10-8-16)21(3,4)5;1-13(2)18-11-17-7-6-8-20(21(17)12-18)19-10-9-14(3)15(4)16(19)5;;;;;;/h2*6-13H,1-5H3;2*1H3;2*1H;1H2;. The fourth-order valence-electron chi connectivity index (χ4n) is 9.08. The normalized spacial score (nSPS) is 17.3. The van der Waals surface area contributed by atoms with Gasteiger partial charge in [0.2, 0.25) is 0 Å². The van der Waals surface area contributed by atoms with Crippen molar-refractivity contribution in [3.8, 4) is 22.3 Å². The minimum absolute atomic E-state index is 0. The number of halogens is 2. The van der Waals surface area contributed by atoms with Gasteiger partial charge in [-0.2, -0.15) is 0 Å². The van der Waals surface area contributed by atoms with Crippen molar-refractivity contribution < 1.29 is 17.4 Å². The summed E-state index contributed by atoms with van der Waals surface area (Å²) in [5.74, 6) is 0.502. The van der Waals surface area contributed by atoms with E-state index in [0.29, 0.717) is 13.2 Å². The zero-order chi connectivity index (χ0) is 33.5. The van der Waals surface area contributed by atoms with E-state index in [0.717, 1.165) is 0 Å². The number of hydrogen-bond donors (Lipinski definition) is 0. The van der Waals surface area contributed by atoms with Crippen molar-refractivity contribution in [2.45, 2.75) is 91.2 Å². The Bertz CT molecular complexity index is 2030. The van der Waals surface area contributed by atoms with Crippen LogP contribution >= 0.6 is 24.8 Å². The van der Waals surface area contributed by atoms with Crippen LogP contribution in [0.3, 0.4) is 0 Å². The third kappa shape index (κ3) is 6.27. The Balaban J connectivity index is 0.00000260. The van der Waals surface area contributed by atoms with E-state index >= 15 is 0 Å². The molecule has 0 spiro atoms. The maximum Gasteiger partial charge on any atom is -0.147 e. The van der Waals surface area contributed by atoms with E-state index in [1.807, 2.05) is 0 Å². The van der Waals surface area contributed by atoms with Gasteiger partial charge in [0, 0.05) is 0 Å². The van der Waals surface area contributed by atoms with Crippen LogP contribution in [-0.2, 0) is 22.8 Å². The zero-order valence-electron chi connectivity index (χ0n) is 31.3. The van der Waals surface area contributed by atoms with Crippen molar-refractivity contribution >= 4 is 43.8 Å². The van der Waals surface area contributed by atoms with Crippen LogP contribution in [0.4, 0.5) is 0 Å². The van der Waals surface area contributed by atoms with Gasteiger partial charge in [-0.1, -0.05) is 0 Å². The van der Waals surface area contributed by atoms with Gasteiger partial charge in [-0.05, 0) is 0 Å². The smallest absolute Gasteiger partial charge is 0.147 e. The average molecular weight is 775 g/mol. The van der Waals surface area contributed by atoms with Crippen molar-refractivity contribution in [2.24, 2.45) is 5.92 Å². The molecule has 0 bridgehead atoms. The Morgan fingerprint density at radius 3 is 1.85 bits per heavy atom. The molecule has 0 heterocycles. The quantitative estimate of drug-likeness (QED) is 0.177. The van der Waals surface area contributed by atoms with Crippen molar-refractivity contribution in [3.63, 3.8) is 0 Å². The van der Waals surface area contributed by atoms with Gasteiger partial charge >= 0.3 is 284 Å². The molecule has 254 valence electrons. The van der Waals surface area contributed by atoms with Gasteiger partial charge in [-0.15, -0.1) is 24.8 Å². The third-order valence-corrected chi connectivity index (χ3v) is 29.3. The predicted molar refractivity (Wildman–Crippen MR) is 218 cm³/mol. The van der Waals surface area contributed by atoms with E-state index in [2.05, 4.69) is 164 Å². The van der Waals surface area contributed by atoms with Crippen LogP contribution in [0.2, 0.25) is 9.26 Å². The minimum atomic E-state index is -3.71. The minimum Gasteiger partial charge on any atom is -0.147 e. The van der Waals surface area contributed by atoms with E-state index in [1.165, 1.54) is 61.2 Å². The van der Waals surface area contributed by atoms with Gasteiger partial charge in [-0.3, -0.25) is 0 Å². The zero-order valence-corrected chi connectivity index (χ0v) is 36.8.